The van der Waals surface area contributed by atoms with Crippen molar-refractivity contribution in [1.82, 2.24) is 19.1 Å². The molecular formula is C26H36N4O4S. The van der Waals surface area contributed by atoms with Gasteiger partial charge in [0, 0.05) is 43.4 Å². The van der Waals surface area contributed by atoms with Crippen molar-refractivity contribution in [3.05, 3.63) is 53.9 Å². The number of aliphatic hydroxyl groups excluding tert-OH is 1. The zero-order valence-corrected chi connectivity index (χ0v) is 22.0. The molecule has 35 heavy (non-hydrogen) atoms. The van der Waals surface area contributed by atoms with Crippen LogP contribution in [0.5, 0.6) is 5.75 Å². The van der Waals surface area contributed by atoms with Gasteiger partial charge in [-0.15, -0.1) is 0 Å². The molecule has 0 fully saturated rings. The largest absolute Gasteiger partial charge is 0.487 e. The number of nitrogens with zero attached hydrogens (tertiary/aromatic N) is 4. The first-order valence-corrected chi connectivity index (χ1v) is 13.2. The smallest absolute Gasteiger partial charge is 0.247 e. The summed E-state index contributed by atoms with van der Waals surface area (Å²) in [5.41, 5.74) is 1.64. The maximum atomic E-state index is 13.6. The van der Waals surface area contributed by atoms with Crippen LogP contribution in [0.15, 0.2) is 47.5 Å². The van der Waals surface area contributed by atoms with Gasteiger partial charge in [-0.05, 0) is 58.4 Å². The van der Waals surface area contributed by atoms with Crippen LogP contribution in [-0.2, 0) is 16.6 Å². The number of likely N-dealkylation sites (N-methyl/N-ethyl adjacent to an activating group) is 1. The number of fused-ring (bicyclic) bond motifs is 1. The Kier molecular flexibility index (Phi) is 9.27. The third-order valence-electron chi connectivity index (χ3n) is 5.94. The van der Waals surface area contributed by atoms with Gasteiger partial charge in [0.25, 0.3) is 0 Å². The first kappa shape index (κ1) is 27.1. The number of ether oxygens (including phenoxy) is 1. The van der Waals surface area contributed by atoms with E-state index in [2.05, 4.69) is 21.7 Å². The van der Waals surface area contributed by atoms with E-state index in [-0.39, 0.29) is 30.1 Å². The van der Waals surface area contributed by atoms with Crippen molar-refractivity contribution in [2.24, 2.45) is 5.92 Å². The molecule has 0 saturated heterocycles. The van der Waals surface area contributed by atoms with Crippen LogP contribution >= 0.6 is 0 Å². The van der Waals surface area contributed by atoms with Crippen LogP contribution in [0.25, 0.3) is 0 Å². The Morgan fingerprint density at radius 2 is 2.03 bits per heavy atom. The average Bonchev–Trinajstić information content (AvgIpc) is 2.81. The lowest BCUT2D eigenvalue weighted by molar-refractivity contribution is 0.0730. The van der Waals surface area contributed by atoms with E-state index in [9.17, 15) is 13.5 Å². The van der Waals surface area contributed by atoms with E-state index < -0.39 is 16.1 Å². The minimum absolute atomic E-state index is 0.0974. The highest BCUT2D eigenvalue weighted by atomic mass is 32.2. The van der Waals surface area contributed by atoms with Gasteiger partial charge in [0.1, 0.15) is 16.7 Å². The van der Waals surface area contributed by atoms with Gasteiger partial charge in [0.2, 0.25) is 10.0 Å². The van der Waals surface area contributed by atoms with E-state index in [0.29, 0.717) is 30.9 Å². The molecule has 1 aliphatic heterocycles. The fourth-order valence-corrected chi connectivity index (χ4v) is 5.79. The lowest BCUT2D eigenvalue weighted by atomic mass is 10.0. The van der Waals surface area contributed by atoms with Crippen LogP contribution in [0.3, 0.4) is 0 Å². The number of benzene rings is 1. The number of aromatic nitrogens is 1. The van der Waals surface area contributed by atoms with Crippen LogP contribution in [0.4, 0.5) is 0 Å². The first-order chi connectivity index (χ1) is 16.6. The fourth-order valence-electron chi connectivity index (χ4n) is 3.96. The number of hydrogen-bond acceptors (Lipinski definition) is 7. The molecule has 1 N–H and O–H groups in total. The Labute approximate surface area is 209 Å². The Morgan fingerprint density at radius 1 is 1.26 bits per heavy atom. The molecule has 0 unspecified atom stereocenters. The second kappa shape index (κ2) is 12.0. The summed E-state index contributed by atoms with van der Waals surface area (Å²) in [5, 5.41) is 9.80. The van der Waals surface area contributed by atoms with Gasteiger partial charge >= 0.3 is 0 Å². The van der Waals surface area contributed by atoms with E-state index in [4.69, 9.17) is 4.74 Å². The van der Waals surface area contributed by atoms with Crippen molar-refractivity contribution in [1.29, 1.82) is 0 Å². The van der Waals surface area contributed by atoms with E-state index >= 15 is 0 Å². The Hall–Kier alpha value is -2.48. The zero-order chi connectivity index (χ0) is 25.6. The predicted octanol–water partition coefficient (Wildman–Crippen LogP) is 1.90. The highest BCUT2D eigenvalue weighted by Crippen LogP contribution is 2.34. The zero-order valence-electron chi connectivity index (χ0n) is 21.2. The first-order valence-electron chi connectivity index (χ1n) is 11.8. The van der Waals surface area contributed by atoms with Crippen molar-refractivity contribution in [2.45, 2.75) is 37.4 Å². The van der Waals surface area contributed by atoms with Gasteiger partial charge in [0.15, 0.2) is 0 Å². The quantitative estimate of drug-likeness (QED) is 0.581. The van der Waals surface area contributed by atoms with E-state index in [1.807, 2.05) is 51.2 Å². The summed E-state index contributed by atoms with van der Waals surface area (Å²) in [6.45, 7) is 5.50. The monoisotopic (exact) mass is 500 g/mol. The molecule has 2 aromatic rings. The van der Waals surface area contributed by atoms with Crippen LogP contribution in [-0.4, -0.2) is 92.1 Å². The summed E-state index contributed by atoms with van der Waals surface area (Å²) >= 11 is 0. The fraction of sp³-hybridized carbons (Fsp3) is 0.500. The predicted molar refractivity (Wildman–Crippen MR) is 136 cm³/mol. The van der Waals surface area contributed by atoms with Crippen molar-refractivity contribution < 1.29 is 18.3 Å². The number of rotatable bonds is 7. The molecule has 190 valence electrons. The Bertz CT molecular complexity index is 1140. The van der Waals surface area contributed by atoms with Gasteiger partial charge in [-0.2, -0.15) is 4.31 Å². The molecule has 1 aromatic heterocycles. The van der Waals surface area contributed by atoms with Crippen LogP contribution in [0, 0.1) is 17.8 Å². The second-order valence-corrected chi connectivity index (χ2v) is 11.3. The van der Waals surface area contributed by atoms with Crippen molar-refractivity contribution in [3.8, 4) is 17.6 Å². The molecule has 3 atom stereocenters. The minimum Gasteiger partial charge on any atom is -0.487 e. The normalized spacial score (nSPS) is 20.8. The second-order valence-electron chi connectivity index (χ2n) is 9.46. The Morgan fingerprint density at radius 3 is 2.69 bits per heavy atom. The lowest BCUT2D eigenvalue weighted by Gasteiger charge is -2.37. The SMILES string of the molecule is C[C@H]1CN([C@@H](C)CO)S(=O)(=O)c2ccc(C#CCN(C)C)cc2O[C@H]1CN(C)Cc1ccccn1. The lowest BCUT2D eigenvalue weighted by Crippen LogP contribution is -2.49. The molecule has 0 bridgehead atoms. The van der Waals surface area contributed by atoms with Gasteiger partial charge in [-0.25, -0.2) is 8.42 Å². The third-order valence-corrected chi connectivity index (χ3v) is 7.96. The third kappa shape index (κ3) is 7.03. The van der Waals surface area contributed by atoms with Crippen molar-refractivity contribution >= 4 is 10.0 Å². The highest BCUT2D eigenvalue weighted by Gasteiger charge is 2.38. The summed E-state index contributed by atoms with van der Waals surface area (Å²) in [7, 11) is 2.01. The molecular weight excluding hydrogens is 464 g/mol. The van der Waals surface area contributed by atoms with Crippen LogP contribution < -0.4 is 4.74 Å². The number of hydrogen-bond donors (Lipinski definition) is 1. The standard InChI is InChI=1S/C26H36N4O4S/c1-20-16-30(21(2)19-31)35(32,33)26-12-11-22(9-8-14-28(3)4)15-24(26)34-25(20)18-29(5)17-23-10-6-7-13-27-23/h6-7,10-13,15,20-21,25,31H,14,16-19H2,1-5H3/t20-,21-,25-/m0/s1. The molecule has 0 saturated carbocycles. The summed E-state index contributed by atoms with van der Waals surface area (Å²) in [6.07, 6.45) is 1.49. The number of pyridine rings is 1. The van der Waals surface area contributed by atoms with Gasteiger partial charge in [-0.1, -0.05) is 24.8 Å². The van der Waals surface area contributed by atoms with Crippen molar-refractivity contribution in [3.63, 3.8) is 0 Å². The maximum Gasteiger partial charge on any atom is 0.247 e. The van der Waals surface area contributed by atoms with E-state index in [1.165, 1.54) is 4.31 Å². The molecule has 2 heterocycles. The van der Waals surface area contributed by atoms with E-state index in [1.54, 1.807) is 31.3 Å². The van der Waals surface area contributed by atoms with Gasteiger partial charge < -0.3 is 9.84 Å². The molecule has 8 nitrogen and oxygen atoms in total. The van der Waals surface area contributed by atoms with Crippen molar-refractivity contribution in [2.75, 3.05) is 47.4 Å². The topological polar surface area (TPSA) is 86.2 Å². The summed E-state index contributed by atoms with van der Waals surface area (Å²) in [5.74, 6) is 6.35. The molecule has 9 heteroatoms. The highest BCUT2D eigenvalue weighted by molar-refractivity contribution is 7.89. The minimum atomic E-state index is -3.87. The Balaban J connectivity index is 1.97. The number of sulfonamides is 1. The maximum absolute atomic E-state index is 13.6. The molecule has 1 aliphatic rings. The number of aliphatic hydroxyl groups is 1. The van der Waals surface area contributed by atoms with Crippen LogP contribution in [0.2, 0.25) is 0 Å². The van der Waals surface area contributed by atoms with Gasteiger partial charge in [0.05, 0.1) is 18.8 Å². The summed E-state index contributed by atoms with van der Waals surface area (Å²) in [4.78, 5) is 8.59. The van der Waals surface area contributed by atoms with Gasteiger partial charge in [-0.3, -0.25) is 14.8 Å². The summed E-state index contributed by atoms with van der Waals surface area (Å²) in [6, 6.07) is 10.2. The molecule has 0 aliphatic carbocycles. The molecule has 0 spiro atoms. The molecule has 1 aromatic carbocycles. The average molecular weight is 501 g/mol. The summed E-state index contributed by atoms with van der Waals surface area (Å²) < 4.78 is 35.0. The molecule has 3 rings (SSSR count). The van der Waals surface area contributed by atoms with E-state index in [0.717, 1.165) is 5.69 Å². The molecule has 0 amide bonds. The van der Waals surface area contributed by atoms with Crippen LogP contribution in [0.1, 0.15) is 25.1 Å². The molecule has 0 radical (unpaired) electrons.